The third-order valence-corrected chi connectivity index (χ3v) is 1.73. The summed E-state index contributed by atoms with van der Waals surface area (Å²) in [5, 5.41) is 0.965. The van der Waals surface area contributed by atoms with Gasteiger partial charge in [-0.15, -0.1) is 0 Å². The van der Waals surface area contributed by atoms with E-state index in [1.54, 1.807) is 18.2 Å². The molecule has 1 aromatic carbocycles. The average Bonchev–Trinajstić information content (AvgIpc) is 2.17. The third kappa shape index (κ3) is 1.16. The largest absolute Gasteiger partial charge is 0.250 e. The number of pyridine rings is 1. The van der Waals surface area contributed by atoms with Gasteiger partial charge in [0.25, 0.3) is 0 Å². The molecule has 0 spiro atoms. The molecule has 2 aromatic rings. The predicted octanol–water partition coefficient (Wildman–Crippen LogP) is 2.70. The molecule has 1 aromatic heterocycles. The van der Waals surface area contributed by atoms with Crippen LogP contribution in [-0.2, 0) is 6.65 Å². The van der Waals surface area contributed by atoms with Crippen LogP contribution in [0.25, 0.3) is 10.9 Å². The third-order valence-electron chi connectivity index (χ3n) is 1.73. The first-order chi connectivity index (χ1) is 6.27. The lowest BCUT2D eigenvalue weighted by atomic mass is 10.2. The van der Waals surface area contributed by atoms with Crippen molar-refractivity contribution in [2.24, 2.45) is 0 Å². The fourth-order valence-corrected chi connectivity index (χ4v) is 1.14. The number of fused-ring (bicyclic) bond motifs is 1. The quantitative estimate of drug-likeness (QED) is 0.628. The van der Waals surface area contributed by atoms with Gasteiger partial charge in [-0.2, -0.15) is 0 Å². The van der Waals surface area contributed by atoms with Gasteiger partial charge >= 0.3 is 0 Å². The number of aromatic nitrogens is 1. The van der Waals surface area contributed by atoms with Crippen LogP contribution in [0.2, 0.25) is 0 Å². The molecule has 1 nitrogen and oxygen atoms in total. The minimum atomic E-state index is -1.75. The number of para-hydroxylation sites is 1. The molecule has 1 unspecified atom stereocenters. The highest BCUT2D eigenvalue weighted by Crippen LogP contribution is 2.11. The van der Waals surface area contributed by atoms with E-state index in [2.05, 4.69) is 4.98 Å². The normalized spacial score (nSPS) is 14.2. The lowest BCUT2D eigenvalue weighted by Gasteiger charge is -1.97. The molecular formula is C10H8FN. The van der Waals surface area contributed by atoms with Crippen molar-refractivity contribution in [1.82, 2.24) is 4.98 Å². The van der Waals surface area contributed by atoms with Crippen LogP contribution in [0.3, 0.4) is 0 Å². The number of hydrogen-bond donors (Lipinski definition) is 0. The second-order valence-corrected chi connectivity index (χ2v) is 2.54. The molecule has 0 N–H and O–H groups in total. The van der Waals surface area contributed by atoms with E-state index in [1.165, 1.54) is 0 Å². The number of rotatable bonds is 1. The topological polar surface area (TPSA) is 12.9 Å². The summed E-state index contributed by atoms with van der Waals surface area (Å²) in [4.78, 5) is 4.01. The fourth-order valence-electron chi connectivity index (χ4n) is 1.14. The van der Waals surface area contributed by atoms with Gasteiger partial charge in [-0.25, -0.2) is 4.39 Å². The van der Waals surface area contributed by atoms with E-state index in [0.29, 0.717) is 0 Å². The van der Waals surface area contributed by atoms with E-state index in [0.717, 1.165) is 10.9 Å². The highest BCUT2D eigenvalue weighted by Gasteiger charge is 1.95. The van der Waals surface area contributed by atoms with E-state index < -0.39 is 6.65 Å². The molecule has 2 heteroatoms. The first-order valence-electron chi connectivity index (χ1n) is 4.27. The molecule has 1 heterocycles. The van der Waals surface area contributed by atoms with Gasteiger partial charge in [-0.1, -0.05) is 24.3 Å². The Balaban J connectivity index is 2.62. The summed E-state index contributed by atoms with van der Waals surface area (Å²) in [7, 11) is 0. The van der Waals surface area contributed by atoms with Crippen molar-refractivity contribution < 1.29 is 5.76 Å². The summed E-state index contributed by atoms with van der Waals surface area (Å²) in [5.41, 5.74) is 0.897. The molecule has 0 amide bonds. The van der Waals surface area contributed by atoms with E-state index in [-0.39, 0.29) is 5.69 Å². The Morgan fingerprint density at radius 2 is 2.08 bits per heavy atom. The highest BCUT2D eigenvalue weighted by atomic mass is 19.1. The van der Waals surface area contributed by atoms with Gasteiger partial charge in [0.05, 0.1) is 12.6 Å². The zero-order chi connectivity index (χ0) is 9.26. The zero-order valence-corrected chi connectivity index (χ0v) is 6.37. The zero-order valence-electron chi connectivity index (χ0n) is 7.37. The molecule has 0 radical (unpaired) electrons. The van der Waals surface area contributed by atoms with Crippen molar-refractivity contribution >= 4 is 10.9 Å². The summed E-state index contributed by atoms with van der Waals surface area (Å²) < 4.78 is 19.4. The Bertz CT molecular complexity index is 428. The molecule has 0 aliphatic rings. The molecule has 0 fully saturated rings. The smallest absolute Gasteiger partial charge is 0.131 e. The van der Waals surface area contributed by atoms with Gasteiger partial charge in [0.15, 0.2) is 0 Å². The van der Waals surface area contributed by atoms with Crippen molar-refractivity contribution in [3.63, 3.8) is 0 Å². The SMILES string of the molecule is [2H]C(F)c1ccc2ccccc2n1. The summed E-state index contributed by atoms with van der Waals surface area (Å²) in [5.74, 6) is 0. The number of alkyl halides is 1. The van der Waals surface area contributed by atoms with Gasteiger partial charge in [0.1, 0.15) is 6.65 Å². The number of hydrogen-bond acceptors (Lipinski definition) is 1. The van der Waals surface area contributed by atoms with Crippen molar-refractivity contribution in [3.05, 3.63) is 42.1 Å². The Morgan fingerprint density at radius 3 is 2.92 bits per heavy atom. The van der Waals surface area contributed by atoms with Gasteiger partial charge < -0.3 is 0 Å². The second kappa shape index (κ2) is 2.89. The van der Waals surface area contributed by atoms with Crippen molar-refractivity contribution in [2.75, 3.05) is 0 Å². The highest BCUT2D eigenvalue weighted by molar-refractivity contribution is 5.78. The predicted molar refractivity (Wildman–Crippen MR) is 46.6 cm³/mol. The summed E-state index contributed by atoms with van der Waals surface area (Å²) >= 11 is 0. The van der Waals surface area contributed by atoms with Gasteiger partial charge in [0.2, 0.25) is 0 Å². The van der Waals surface area contributed by atoms with Crippen LogP contribution < -0.4 is 0 Å². The molecule has 12 heavy (non-hydrogen) atoms. The van der Waals surface area contributed by atoms with Gasteiger partial charge in [-0.3, -0.25) is 4.98 Å². The molecule has 0 saturated heterocycles. The Labute approximate surface area is 71.3 Å². The first-order valence-corrected chi connectivity index (χ1v) is 3.69. The summed E-state index contributed by atoms with van der Waals surface area (Å²) in [6, 6.07) is 10.8. The maximum absolute atomic E-state index is 12.6. The lowest BCUT2D eigenvalue weighted by Crippen LogP contribution is -1.85. The minimum Gasteiger partial charge on any atom is -0.250 e. The molecule has 0 aliphatic heterocycles. The van der Waals surface area contributed by atoms with Gasteiger partial charge in [0, 0.05) is 5.39 Å². The number of benzene rings is 1. The first kappa shape index (κ1) is 6.12. The molecule has 0 bridgehead atoms. The van der Waals surface area contributed by atoms with Crippen LogP contribution >= 0.6 is 0 Å². The van der Waals surface area contributed by atoms with E-state index >= 15 is 0 Å². The monoisotopic (exact) mass is 162 g/mol. The maximum atomic E-state index is 12.6. The molecule has 0 saturated carbocycles. The van der Waals surface area contributed by atoms with E-state index in [1.807, 2.05) is 18.2 Å². The molecular weight excluding hydrogens is 153 g/mol. The van der Waals surface area contributed by atoms with Crippen molar-refractivity contribution in [2.45, 2.75) is 6.65 Å². The standard InChI is InChI=1S/C10H8FN/c11-7-9-6-5-8-3-1-2-4-10(8)12-9/h1-6H,7H2/i7D. The van der Waals surface area contributed by atoms with Gasteiger partial charge in [-0.05, 0) is 12.1 Å². The van der Waals surface area contributed by atoms with Crippen molar-refractivity contribution in [3.8, 4) is 0 Å². The van der Waals surface area contributed by atoms with Crippen LogP contribution in [0, 0.1) is 0 Å². The Kier molecular flexibility index (Phi) is 1.48. The summed E-state index contributed by atoms with van der Waals surface area (Å²) in [6.45, 7) is -1.75. The van der Waals surface area contributed by atoms with Crippen LogP contribution in [0.5, 0.6) is 0 Å². The second-order valence-electron chi connectivity index (χ2n) is 2.54. The average molecular weight is 162 g/mol. The van der Waals surface area contributed by atoms with Crippen LogP contribution in [0.15, 0.2) is 36.4 Å². The Hall–Kier alpha value is -1.44. The maximum Gasteiger partial charge on any atom is 0.131 e. The minimum absolute atomic E-state index is 0.165. The van der Waals surface area contributed by atoms with E-state index in [4.69, 9.17) is 1.37 Å². The molecule has 1 atom stereocenters. The van der Waals surface area contributed by atoms with E-state index in [9.17, 15) is 4.39 Å². The molecule has 0 aliphatic carbocycles. The number of halogens is 1. The van der Waals surface area contributed by atoms with Crippen molar-refractivity contribution in [1.29, 1.82) is 0 Å². The lowest BCUT2D eigenvalue weighted by molar-refractivity contribution is 0.477. The van der Waals surface area contributed by atoms with Crippen LogP contribution in [0.1, 0.15) is 7.06 Å². The van der Waals surface area contributed by atoms with Crippen LogP contribution in [-0.4, -0.2) is 4.98 Å². The summed E-state index contributed by atoms with van der Waals surface area (Å²) in [6.07, 6.45) is 0. The van der Waals surface area contributed by atoms with Crippen LogP contribution in [0.4, 0.5) is 4.39 Å². The number of nitrogens with zero attached hydrogens (tertiary/aromatic N) is 1. The Morgan fingerprint density at radius 1 is 1.25 bits per heavy atom. The fraction of sp³-hybridized carbons (Fsp3) is 0.100. The molecule has 2 rings (SSSR count). The molecule has 60 valence electrons.